The van der Waals surface area contributed by atoms with Crippen LogP contribution in [0.3, 0.4) is 0 Å². The molecule has 1 unspecified atom stereocenters. The molecule has 1 aliphatic rings. The van der Waals surface area contributed by atoms with Gasteiger partial charge in [-0.1, -0.05) is 37.3 Å². The molecule has 8 nitrogen and oxygen atoms in total. The molecule has 150 valence electrons. The monoisotopic (exact) mass is 385 g/mol. The fraction of sp³-hybridized carbons (Fsp3) is 0.450. The van der Waals surface area contributed by atoms with Crippen LogP contribution in [0.4, 0.5) is 0 Å². The van der Waals surface area contributed by atoms with Crippen LogP contribution < -0.4 is 5.48 Å². The van der Waals surface area contributed by atoms with Crippen LogP contribution in [0.25, 0.3) is 10.9 Å². The Hall–Kier alpha value is -2.71. The van der Waals surface area contributed by atoms with Gasteiger partial charge in [0.1, 0.15) is 0 Å². The van der Waals surface area contributed by atoms with Gasteiger partial charge in [-0.2, -0.15) is 0 Å². The summed E-state index contributed by atoms with van der Waals surface area (Å²) in [6, 6.07) is 10.4. The second kappa shape index (κ2) is 8.99. The van der Waals surface area contributed by atoms with Crippen molar-refractivity contribution >= 4 is 16.8 Å². The zero-order valence-corrected chi connectivity index (χ0v) is 16.2. The summed E-state index contributed by atoms with van der Waals surface area (Å²) in [7, 11) is 0. The molecule has 2 heterocycles. The molecule has 0 radical (unpaired) electrons. The summed E-state index contributed by atoms with van der Waals surface area (Å²) in [6.45, 7) is 5.67. The van der Waals surface area contributed by atoms with E-state index in [9.17, 15) is 9.90 Å². The Balaban J connectivity index is 1.91. The average Bonchev–Trinajstić information content (AvgIpc) is 3.29. The fourth-order valence-corrected chi connectivity index (χ4v) is 3.65. The van der Waals surface area contributed by atoms with Crippen molar-refractivity contribution in [2.45, 2.75) is 39.3 Å². The fourth-order valence-electron chi connectivity index (χ4n) is 3.65. The van der Waals surface area contributed by atoms with Crippen LogP contribution in [0.15, 0.2) is 52.4 Å². The first kappa shape index (κ1) is 20.0. The second-order valence-corrected chi connectivity index (χ2v) is 7.27. The average molecular weight is 385 g/mol. The minimum Gasteiger partial charge on any atom is -0.396 e. The van der Waals surface area contributed by atoms with Gasteiger partial charge in [-0.25, -0.2) is 5.48 Å². The number of hydrogen-bond acceptors (Lipinski definition) is 6. The minimum absolute atomic E-state index is 0.00686. The van der Waals surface area contributed by atoms with Crippen molar-refractivity contribution in [1.82, 2.24) is 15.1 Å². The predicted octanol–water partition coefficient (Wildman–Crippen LogP) is 3.18. The number of carbonyl (C=O) groups excluding carboxylic acids is 1. The van der Waals surface area contributed by atoms with E-state index in [0.29, 0.717) is 18.7 Å². The SMILES string of the molecule is CC(C)C(c1cc2ccccc2n1CCCO)N1C/C(=C/CC(=O)NO)N=N1. The molecule has 1 aromatic carbocycles. The van der Waals surface area contributed by atoms with Gasteiger partial charge in [0, 0.05) is 30.8 Å². The molecule has 0 saturated carbocycles. The molecule has 3 rings (SSSR count). The van der Waals surface area contributed by atoms with Crippen LogP contribution in [-0.4, -0.2) is 38.9 Å². The number of aliphatic hydroxyl groups excluding tert-OH is 1. The number of nitrogens with zero attached hydrogens (tertiary/aromatic N) is 4. The number of carbonyl (C=O) groups is 1. The standard InChI is InChI=1S/C20H27N5O3/c1-14(2)20(25-13-16(21-23-25)8-9-19(27)22-28)18-12-15-6-3-4-7-17(15)24(18)10-5-11-26/h3-4,6-8,12,14,20,26,28H,5,9-11,13H2,1-2H3,(H,22,27)/b16-8-. The summed E-state index contributed by atoms with van der Waals surface area (Å²) < 4.78 is 2.26. The minimum atomic E-state index is -0.481. The Kier molecular flexibility index (Phi) is 6.43. The van der Waals surface area contributed by atoms with Gasteiger partial charge in [0.2, 0.25) is 5.91 Å². The van der Waals surface area contributed by atoms with Crippen LogP contribution in [-0.2, 0) is 11.3 Å². The summed E-state index contributed by atoms with van der Waals surface area (Å²) in [5.41, 5.74) is 4.60. The first-order chi connectivity index (χ1) is 13.5. The topological polar surface area (TPSA) is 102 Å². The van der Waals surface area contributed by atoms with Gasteiger partial charge in [-0.15, -0.1) is 5.11 Å². The summed E-state index contributed by atoms with van der Waals surface area (Å²) in [4.78, 5) is 11.2. The van der Waals surface area contributed by atoms with Gasteiger partial charge < -0.3 is 9.67 Å². The van der Waals surface area contributed by atoms with Crippen LogP contribution >= 0.6 is 0 Å². The van der Waals surface area contributed by atoms with Crippen LogP contribution in [0.2, 0.25) is 0 Å². The molecule has 0 saturated heterocycles. The van der Waals surface area contributed by atoms with Crippen LogP contribution in [0.5, 0.6) is 0 Å². The molecule has 0 fully saturated rings. The van der Waals surface area contributed by atoms with Gasteiger partial charge in [0.25, 0.3) is 0 Å². The maximum Gasteiger partial charge on any atom is 0.247 e. The van der Waals surface area contributed by atoms with E-state index in [4.69, 9.17) is 5.21 Å². The summed E-state index contributed by atoms with van der Waals surface area (Å²) in [5.74, 6) is -0.207. The zero-order valence-electron chi connectivity index (χ0n) is 16.2. The maximum absolute atomic E-state index is 11.2. The molecule has 0 bridgehead atoms. The third-order valence-electron chi connectivity index (χ3n) is 4.90. The number of aliphatic hydroxyl groups is 1. The van der Waals surface area contributed by atoms with Crippen molar-refractivity contribution in [3.63, 3.8) is 0 Å². The third kappa shape index (κ3) is 4.23. The van der Waals surface area contributed by atoms with E-state index in [-0.39, 0.29) is 25.0 Å². The molecule has 1 aromatic heterocycles. The van der Waals surface area contributed by atoms with Crippen molar-refractivity contribution in [2.24, 2.45) is 16.3 Å². The summed E-state index contributed by atoms with van der Waals surface area (Å²) in [6.07, 6.45) is 2.41. The van der Waals surface area contributed by atoms with E-state index in [0.717, 1.165) is 23.1 Å². The normalized spacial score (nSPS) is 16.5. The van der Waals surface area contributed by atoms with Crippen molar-refractivity contribution in [3.8, 4) is 0 Å². The van der Waals surface area contributed by atoms with Crippen LogP contribution in [0, 0.1) is 5.92 Å². The van der Waals surface area contributed by atoms with E-state index in [2.05, 4.69) is 47.0 Å². The predicted molar refractivity (Wildman–Crippen MR) is 105 cm³/mol. The molecular formula is C20H27N5O3. The van der Waals surface area contributed by atoms with E-state index in [1.807, 2.05) is 17.1 Å². The number of fused-ring (bicyclic) bond motifs is 1. The number of hydrogen-bond donors (Lipinski definition) is 3. The van der Waals surface area contributed by atoms with E-state index in [1.165, 1.54) is 0 Å². The smallest absolute Gasteiger partial charge is 0.247 e. The molecule has 8 heteroatoms. The summed E-state index contributed by atoms with van der Waals surface area (Å²) in [5, 5.41) is 29.6. The highest BCUT2D eigenvalue weighted by Gasteiger charge is 2.30. The quantitative estimate of drug-likeness (QED) is 0.480. The lowest BCUT2D eigenvalue weighted by Crippen LogP contribution is -2.28. The Bertz CT molecular complexity index is 887. The van der Waals surface area contributed by atoms with Gasteiger partial charge in [0.05, 0.1) is 18.3 Å². The molecule has 1 atom stereocenters. The molecule has 1 aliphatic heterocycles. The highest BCUT2D eigenvalue weighted by molar-refractivity contribution is 5.81. The molecule has 0 spiro atoms. The lowest BCUT2D eigenvalue weighted by atomic mass is 9.99. The molecule has 0 aliphatic carbocycles. The molecular weight excluding hydrogens is 358 g/mol. The number of aromatic nitrogens is 1. The molecule has 3 N–H and O–H groups in total. The van der Waals surface area contributed by atoms with Crippen molar-refractivity contribution in [3.05, 3.63) is 47.8 Å². The van der Waals surface area contributed by atoms with E-state index < -0.39 is 5.91 Å². The molecule has 2 aromatic rings. The number of hydroxylamine groups is 1. The first-order valence-electron chi connectivity index (χ1n) is 9.54. The van der Waals surface area contributed by atoms with Crippen LogP contribution in [0.1, 0.15) is 38.4 Å². The highest BCUT2D eigenvalue weighted by Crippen LogP contribution is 2.36. The maximum atomic E-state index is 11.2. The number of rotatable bonds is 8. The van der Waals surface area contributed by atoms with Gasteiger partial charge in [-0.3, -0.25) is 15.0 Å². The third-order valence-corrected chi connectivity index (χ3v) is 4.90. The molecule has 28 heavy (non-hydrogen) atoms. The Labute approximate surface area is 164 Å². The zero-order chi connectivity index (χ0) is 20.1. The van der Waals surface area contributed by atoms with Gasteiger partial charge >= 0.3 is 0 Å². The highest BCUT2D eigenvalue weighted by atomic mass is 16.5. The number of benzene rings is 1. The van der Waals surface area contributed by atoms with E-state index >= 15 is 0 Å². The largest absolute Gasteiger partial charge is 0.396 e. The first-order valence-corrected chi connectivity index (χ1v) is 9.54. The van der Waals surface area contributed by atoms with Gasteiger partial charge in [0.15, 0.2) is 0 Å². The second-order valence-electron chi connectivity index (χ2n) is 7.27. The number of amides is 1. The van der Waals surface area contributed by atoms with Crippen molar-refractivity contribution in [1.29, 1.82) is 0 Å². The lowest BCUT2D eigenvalue weighted by molar-refractivity contribution is -0.128. The Morgan fingerprint density at radius 3 is 2.86 bits per heavy atom. The lowest BCUT2D eigenvalue weighted by Gasteiger charge is -2.29. The van der Waals surface area contributed by atoms with Crippen molar-refractivity contribution in [2.75, 3.05) is 13.2 Å². The molecule has 1 amide bonds. The van der Waals surface area contributed by atoms with Gasteiger partial charge in [-0.05, 0) is 35.9 Å². The number of para-hydroxylation sites is 1. The Morgan fingerprint density at radius 1 is 1.36 bits per heavy atom. The van der Waals surface area contributed by atoms with E-state index in [1.54, 1.807) is 11.6 Å². The summed E-state index contributed by atoms with van der Waals surface area (Å²) >= 11 is 0. The Morgan fingerprint density at radius 2 is 2.14 bits per heavy atom. The number of nitrogens with one attached hydrogen (secondary N) is 1. The van der Waals surface area contributed by atoms with Crippen molar-refractivity contribution < 1.29 is 15.1 Å². The number of aryl methyl sites for hydroxylation is 1.